The molecule has 0 unspecified atom stereocenters. The molecule has 2 rings (SSSR count). The summed E-state index contributed by atoms with van der Waals surface area (Å²) < 4.78 is 10.2. The Labute approximate surface area is 134 Å². The molecule has 0 atom stereocenters. The highest BCUT2D eigenvalue weighted by Crippen LogP contribution is 2.27. The molecule has 0 aliphatic heterocycles. The zero-order valence-corrected chi connectivity index (χ0v) is 13.0. The summed E-state index contributed by atoms with van der Waals surface area (Å²) in [5.74, 6) is 0.227. The van der Waals surface area contributed by atoms with Gasteiger partial charge < -0.3 is 9.47 Å². The molecular weight excluding hydrogens is 296 g/mol. The number of rotatable bonds is 5. The highest BCUT2D eigenvalue weighted by Gasteiger charge is 2.11. The van der Waals surface area contributed by atoms with Crippen molar-refractivity contribution in [1.82, 2.24) is 10.9 Å². The first kappa shape index (κ1) is 16.4. The van der Waals surface area contributed by atoms with E-state index in [0.29, 0.717) is 17.1 Å². The Morgan fingerprint density at radius 3 is 2.26 bits per heavy atom. The number of methoxy groups -OCH3 is 2. The van der Waals surface area contributed by atoms with Crippen molar-refractivity contribution >= 4 is 11.8 Å². The lowest BCUT2D eigenvalue weighted by Crippen LogP contribution is -2.42. The van der Waals surface area contributed by atoms with E-state index in [4.69, 9.17) is 9.47 Å². The molecule has 0 aromatic heterocycles. The summed E-state index contributed by atoms with van der Waals surface area (Å²) in [6.45, 7) is 0. The highest BCUT2D eigenvalue weighted by atomic mass is 16.5. The minimum absolute atomic E-state index is 0.188. The molecule has 0 aliphatic carbocycles. The number of hydrogen-bond acceptors (Lipinski definition) is 4. The average molecular weight is 314 g/mol. The number of hydrogen-bond donors (Lipinski definition) is 2. The minimum atomic E-state index is -0.438. The smallest absolute Gasteiger partial charge is 0.269 e. The van der Waals surface area contributed by atoms with Gasteiger partial charge in [-0.2, -0.15) is 0 Å². The lowest BCUT2D eigenvalue weighted by Gasteiger charge is -2.10. The minimum Gasteiger partial charge on any atom is -0.493 e. The molecule has 2 amide bonds. The first-order valence-corrected chi connectivity index (χ1v) is 6.99. The van der Waals surface area contributed by atoms with Crippen molar-refractivity contribution in [3.05, 3.63) is 59.7 Å². The highest BCUT2D eigenvalue weighted by molar-refractivity contribution is 5.96. The van der Waals surface area contributed by atoms with Gasteiger partial charge in [-0.05, 0) is 23.8 Å². The molecule has 0 saturated heterocycles. The van der Waals surface area contributed by atoms with E-state index in [1.165, 1.54) is 20.3 Å². The van der Waals surface area contributed by atoms with Crippen molar-refractivity contribution < 1.29 is 19.1 Å². The van der Waals surface area contributed by atoms with Gasteiger partial charge in [0.15, 0.2) is 11.5 Å². The predicted molar refractivity (Wildman–Crippen MR) is 85.3 cm³/mol. The maximum atomic E-state index is 12.0. The van der Waals surface area contributed by atoms with Crippen LogP contribution in [0.5, 0.6) is 11.5 Å². The normalized spacial score (nSPS) is 9.83. The molecule has 2 aromatic rings. The molecule has 0 heterocycles. The number of ether oxygens (including phenoxy) is 2. The SMILES string of the molecule is COc1ccc(C(=O)NNC(=O)Cc2ccccc2)cc1OC. The van der Waals surface area contributed by atoms with Crippen LogP contribution in [0.25, 0.3) is 0 Å². The van der Waals surface area contributed by atoms with Gasteiger partial charge in [-0.15, -0.1) is 0 Å². The van der Waals surface area contributed by atoms with Crippen LogP contribution in [0.1, 0.15) is 15.9 Å². The van der Waals surface area contributed by atoms with E-state index in [9.17, 15) is 9.59 Å². The summed E-state index contributed by atoms with van der Waals surface area (Å²) in [4.78, 5) is 23.8. The molecule has 2 aromatic carbocycles. The van der Waals surface area contributed by atoms with Gasteiger partial charge in [0.25, 0.3) is 5.91 Å². The number of hydrazine groups is 1. The fourth-order valence-electron chi connectivity index (χ4n) is 2.00. The molecule has 6 nitrogen and oxygen atoms in total. The summed E-state index contributed by atoms with van der Waals surface area (Å²) in [5, 5.41) is 0. The summed E-state index contributed by atoms with van der Waals surface area (Å²) in [6, 6.07) is 14.0. The van der Waals surface area contributed by atoms with Crippen molar-refractivity contribution in [2.45, 2.75) is 6.42 Å². The Hall–Kier alpha value is -3.02. The summed E-state index contributed by atoms with van der Waals surface area (Å²) in [7, 11) is 3.00. The van der Waals surface area contributed by atoms with E-state index >= 15 is 0 Å². The Morgan fingerprint density at radius 2 is 1.61 bits per heavy atom. The number of benzene rings is 2. The zero-order chi connectivity index (χ0) is 16.7. The summed E-state index contributed by atoms with van der Waals surface area (Å²) >= 11 is 0. The topological polar surface area (TPSA) is 76.7 Å². The fourth-order valence-corrected chi connectivity index (χ4v) is 2.00. The van der Waals surface area contributed by atoms with Gasteiger partial charge in [0.1, 0.15) is 0 Å². The van der Waals surface area contributed by atoms with Crippen molar-refractivity contribution in [1.29, 1.82) is 0 Å². The third kappa shape index (κ3) is 4.47. The van der Waals surface area contributed by atoms with E-state index in [2.05, 4.69) is 10.9 Å². The number of carbonyl (C=O) groups excluding carboxylic acids is 2. The maximum absolute atomic E-state index is 12.0. The maximum Gasteiger partial charge on any atom is 0.269 e. The van der Waals surface area contributed by atoms with Gasteiger partial charge in [-0.1, -0.05) is 30.3 Å². The molecule has 0 radical (unpaired) electrons. The predicted octanol–water partition coefficient (Wildman–Crippen LogP) is 1.71. The van der Waals surface area contributed by atoms with Crippen LogP contribution in [-0.4, -0.2) is 26.0 Å². The third-order valence-electron chi connectivity index (χ3n) is 3.17. The third-order valence-corrected chi connectivity index (χ3v) is 3.17. The van der Waals surface area contributed by atoms with Crippen LogP contribution in [0.2, 0.25) is 0 Å². The lowest BCUT2D eigenvalue weighted by atomic mass is 10.1. The number of carbonyl (C=O) groups is 2. The molecule has 2 N–H and O–H groups in total. The molecule has 23 heavy (non-hydrogen) atoms. The second-order valence-corrected chi connectivity index (χ2v) is 4.73. The van der Waals surface area contributed by atoms with Gasteiger partial charge in [0, 0.05) is 5.56 Å². The average Bonchev–Trinajstić information content (AvgIpc) is 2.59. The molecule has 120 valence electrons. The Kier molecular flexibility index (Phi) is 5.57. The van der Waals surface area contributed by atoms with E-state index in [1.54, 1.807) is 12.1 Å². The van der Waals surface area contributed by atoms with Gasteiger partial charge in [-0.3, -0.25) is 20.4 Å². The molecule has 0 bridgehead atoms. The molecule has 0 fully saturated rings. The summed E-state index contributed by atoms with van der Waals surface area (Å²) in [5.41, 5.74) is 5.97. The van der Waals surface area contributed by atoms with Crippen LogP contribution >= 0.6 is 0 Å². The van der Waals surface area contributed by atoms with Crippen molar-refractivity contribution in [2.24, 2.45) is 0 Å². The van der Waals surface area contributed by atoms with Crippen LogP contribution in [0.4, 0.5) is 0 Å². The second kappa shape index (κ2) is 7.84. The van der Waals surface area contributed by atoms with E-state index in [1.807, 2.05) is 30.3 Å². The lowest BCUT2D eigenvalue weighted by molar-refractivity contribution is -0.121. The first-order chi connectivity index (χ1) is 11.1. The van der Waals surface area contributed by atoms with Crippen molar-refractivity contribution in [2.75, 3.05) is 14.2 Å². The van der Waals surface area contributed by atoms with Crippen molar-refractivity contribution in [3.8, 4) is 11.5 Å². The molecular formula is C17H18N2O4. The van der Waals surface area contributed by atoms with Crippen LogP contribution in [-0.2, 0) is 11.2 Å². The van der Waals surface area contributed by atoms with Gasteiger partial charge in [0.05, 0.1) is 20.6 Å². The summed E-state index contributed by atoms with van der Waals surface area (Å²) in [6.07, 6.45) is 0.188. The van der Waals surface area contributed by atoms with Crippen LogP contribution < -0.4 is 20.3 Å². The van der Waals surface area contributed by atoms with Gasteiger partial charge in [0.2, 0.25) is 5.91 Å². The fraction of sp³-hybridized carbons (Fsp3) is 0.176. The quantitative estimate of drug-likeness (QED) is 0.824. The molecule has 0 saturated carbocycles. The molecule has 0 aliphatic rings. The monoisotopic (exact) mass is 314 g/mol. The Balaban J connectivity index is 1.93. The molecule has 6 heteroatoms. The zero-order valence-electron chi connectivity index (χ0n) is 13.0. The standard InChI is InChI=1S/C17H18N2O4/c1-22-14-9-8-13(11-15(14)23-2)17(21)19-18-16(20)10-12-6-4-3-5-7-12/h3-9,11H,10H2,1-2H3,(H,18,20)(H,19,21). The first-order valence-electron chi connectivity index (χ1n) is 6.99. The van der Waals surface area contributed by atoms with Crippen LogP contribution in [0, 0.1) is 0 Å². The van der Waals surface area contributed by atoms with Crippen molar-refractivity contribution in [3.63, 3.8) is 0 Å². The van der Waals surface area contributed by atoms with Gasteiger partial charge in [-0.25, -0.2) is 0 Å². The largest absolute Gasteiger partial charge is 0.493 e. The van der Waals surface area contributed by atoms with E-state index in [-0.39, 0.29) is 12.3 Å². The van der Waals surface area contributed by atoms with E-state index in [0.717, 1.165) is 5.56 Å². The molecule has 0 spiro atoms. The Bertz CT molecular complexity index is 686. The second-order valence-electron chi connectivity index (χ2n) is 4.73. The number of amides is 2. The number of nitrogens with one attached hydrogen (secondary N) is 2. The van der Waals surface area contributed by atoms with Crippen LogP contribution in [0.3, 0.4) is 0 Å². The Morgan fingerprint density at radius 1 is 0.913 bits per heavy atom. The van der Waals surface area contributed by atoms with E-state index < -0.39 is 5.91 Å². The van der Waals surface area contributed by atoms with Gasteiger partial charge >= 0.3 is 0 Å². The van der Waals surface area contributed by atoms with Crippen LogP contribution in [0.15, 0.2) is 48.5 Å².